The molecule has 0 saturated carbocycles. The van der Waals surface area contributed by atoms with Gasteiger partial charge in [-0.15, -0.1) is 0 Å². The summed E-state index contributed by atoms with van der Waals surface area (Å²) in [5.74, 6) is -0.463. The van der Waals surface area contributed by atoms with Crippen molar-refractivity contribution in [3.05, 3.63) is 101 Å². The summed E-state index contributed by atoms with van der Waals surface area (Å²) in [6, 6.07) is 23.6. The van der Waals surface area contributed by atoms with Crippen molar-refractivity contribution in [2.45, 2.75) is 10.5 Å². The lowest BCUT2D eigenvalue weighted by molar-refractivity contribution is 0.105. The molecule has 128 valence electrons. The van der Waals surface area contributed by atoms with Gasteiger partial charge in [-0.25, -0.2) is 8.42 Å². The predicted molar refractivity (Wildman–Crippen MR) is 99.4 cm³/mol. The van der Waals surface area contributed by atoms with Gasteiger partial charge in [0.25, 0.3) is 0 Å². The summed E-state index contributed by atoms with van der Waals surface area (Å²) in [7, 11) is -3.74. The quantitative estimate of drug-likeness (QED) is 0.735. The molecule has 0 aromatic heterocycles. The molecule has 0 aliphatic rings. The van der Waals surface area contributed by atoms with E-state index >= 15 is 0 Å². The molecular weight excluding hydrogens is 356 g/mol. The zero-order valence-corrected chi connectivity index (χ0v) is 14.9. The first kappa shape index (κ1) is 17.7. The van der Waals surface area contributed by atoms with Crippen LogP contribution in [0.3, 0.4) is 0 Å². The molecule has 0 bridgehead atoms. The van der Waals surface area contributed by atoms with Crippen LogP contribution in [-0.4, -0.2) is 19.3 Å². The first-order valence-corrected chi connectivity index (χ1v) is 9.77. The third-order valence-electron chi connectivity index (χ3n) is 4.07. The van der Waals surface area contributed by atoms with Crippen molar-refractivity contribution in [1.29, 1.82) is 0 Å². The van der Waals surface area contributed by atoms with E-state index in [9.17, 15) is 13.5 Å². The molecule has 0 aliphatic carbocycles. The van der Waals surface area contributed by atoms with Crippen LogP contribution in [0.4, 0.5) is 0 Å². The van der Waals surface area contributed by atoms with E-state index in [2.05, 4.69) is 0 Å². The molecule has 0 radical (unpaired) electrons. The van der Waals surface area contributed by atoms with Crippen LogP contribution >= 0.6 is 11.6 Å². The van der Waals surface area contributed by atoms with Crippen LogP contribution in [0.5, 0.6) is 0 Å². The minimum atomic E-state index is -3.74. The minimum Gasteiger partial charge on any atom is -0.379 e. The summed E-state index contributed by atoms with van der Waals surface area (Å²) < 4.78 is 25.8. The molecule has 5 heteroatoms. The zero-order valence-electron chi connectivity index (χ0n) is 13.3. The van der Waals surface area contributed by atoms with Crippen molar-refractivity contribution >= 4 is 21.4 Å². The summed E-state index contributed by atoms with van der Waals surface area (Å²) in [4.78, 5) is 0.127. The largest absolute Gasteiger partial charge is 0.379 e. The Morgan fingerprint density at radius 2 is 1.20 bits per heavy atom. The summed E-state index contributed by atoms with van der Waals surface area (Å²) in [5.41, 5.74) is -0.599. The summed E-state index contributed by atoms with van der Waals surface area (Å²) in [5, 5.41) is 11.9. The van der Waals surface area contributed by atoms with Gasteiger partial charge in [0, 0.05) is 5.02 Å². The Morgan fingerprint density at radius 1 is 0.760 bits per heavy atom. The summed E-state index contributed by atoms with van der Waals surface area (Å²) in [6.07, 6.45) is 0. The lowest BCUT2D eigenvalue weighted by Crippen LogP contribution is -2.35. The lowest BCUT2D eigenvalue weighted by Gasteiger charge is -2.29. The number of rotatable bonds is 5. The van der Waals surface area contributed by atoms with Gasteiger partial charge < -0.3 is 5.11 Å². The molecule has 3 rings (SSSR count). The van der Waals surface area contributed by atoms with Crippen molar-refractivity contribution < 1.29 is 13.5 Å². The molecule has 0 atom stereocenters. The molecule has 3 aromatic rings. The second kappa shape index (κ2) is 7.00. The Kier molecular flexibility index (Phi) is 4.95. The minimum absolute atomic E-state index is 0.127. The Bertz CT molecular complexity index is 898. The normalized spacial score (nSPS) is 12.1. The van der Waals surface area contributed by atoms with Gasteiger partial charge in [0.05, 0.1) is 10.6 Å². The van der Waals surface area contributed by atoms with E-state index < -0.39 is 21.2 Å². The number of halogens is 1. The number of benzene rings is 3. The lowest BCUT2D eigenvalue weighted by atomic mass is 9.88. The third kappa shape index (κ3) is 3.76. The standard InChI is InChI=1S/C20H17ClO3S/c21-18-11-13-19(14-12-18)25(23,24)15-20(22,16-7-3-1-4-8-16)17-9-5-2-6-10-17/h1-14,22H,15H2. The average Bonchev–Trinajstić information content (AvgIpc) is 2.63. The summed E-state index contributed by atoms with van der Waals surface area (Å²) in [6.45, 7) is 0. The Hall–Kier alpha value is -2.14. The summed E-state index contributed by atoms with van der Waals surface area (Å²) >= 11 is 5.84. The molecule has 1 N–H and O–H groups in total. The van der Waals surface area contributed by atoms with Crippen LogP contribution in [-0.2, 0) is 15.4 Å². The molecule has 3 aromatic carbocycles. The Balaban J connectivity index is 2.09. The van der Waals surface area contributed by atoms with Gasteiger partial charge in [0.15, 0.2) is 9.84 Å². The first-order valence-electron chi connectivity index (χ1n) is 7.74. The molecule has 0 saturated heterocycles. The SMILES string of the molecule is O=S(=O)(CC(O)(c1ccccc1)c1ccccc1)c1ccc(Cl)cc1. The topological polar surface area (TPSA) is 54.4 Å². The van der Waals surface area contributed by atoms with Crippen molar-refractivity contribution in [2.24, 2.45) is 0 Å². The molecule has 0 amide bonds. The Morgan fingerprint density at radius 3 is 1.64 bits per heavy atom. The van der Waals surface area contributed by atoms with E-state index in [-0.39, 0.29) is 4.90 Å². The molecule has 3 nitrogen and oxygen atoms in total. The van der Waals surface area contributed by atoms with Gasteiger partial charge in [-0.1, -0.05) is 72.3 Å². The van der Waals surface area contributed by atoms with Gasteiger partial charge in [-0.2, -0.15) is 0 Å². The van der Waals surface area contributed by atoms with Gasteiger partial charge in [0.2, 0.25) is 0 Å². The van der Waals surface area contributed by atoms with Crippen LogP contribution in [0.2, 0.25) is 5.02 Å². The second-order valence-corrected chi connectivity index (χ2v) is 8.23. The van der Waals surface area contributed by atoms with Crippen LogP contribution in [0.1, 0.15) is 11.1 Å². The van der Waals surface area contributed by atoms with E-state index in [1.807, 2.05) is 12.1 Å². The van der Waals surface area contributed by atoms with Gasteiger partial charge in [0.1, 0.15) is 5.60 Å². The molecule has 0 unspecified atom stereocenters. The van der Waals surface area contributed by atoms with Gasteiger partial charge in [-0.3, -0.25) is 0 Å². The first-order chi connectivity index (χ1) is 11.9. The average molecular weight is 373 g/mol. The van der Waals surface area contributed by atoms with E-state index in [0.717, 1.165) is 0 Å². The van der Waals surface area contributed by atoms with Gasteiger partial charge in [-0.05, 0) is 35.4 Å². The highest BCUT2D eigenvalue weighted by atomic mass is 35.5. The highest BCUT2D eigenvalue weighted by Gasteiger charge is 2.37. The molecule has 25 heavy (non-hydrogen) atoms. The monoisotopic (exact) mass is 372 g/mol. The van der Waals surface area contributed by atoms with Crippen LogP contribution in [0.25, 0.3) is 0 Å². The highest BCUT2D eigenvalue weighted by molar-refractivity contribution is 7.91. The molecule has 0 aliphatic heterocycles. The fourth-order valence-corrected chi connectivity index (χ4v) is 4.49. The Labute approximate surface area is 152 Å². The van der Waals surface area contributed by atoms with Gasteiger partial charge >= 0.3 is 0 Å². The number of sulfone groups is 1. The predicted octanol–water partition coefficient (Wildman–Crippen LogP) is 4.05. The fraction of sp³-hybridized carbons (Fsp3) is 0.100. The third-order valence-corrected chi connectivity index (χ3v) is 6.11. The van der Waals surface area contributed by atoms with Crippen LogP contribution in [0.15, 0.2) is 89.8 Å². The van der Waals surface area contributed by atoms with E-state index in [1.165, 1.54) is 24.3 Å². The second-order valence-electron chi connectivity index (χ2n) is 5.81. The van der Waals surface area contributed by atoms with Crippen LogP contribution < -0.4 is 0 Å². The molecule has 0 fully saturated rings. The molecular formula is C20H17ClO3S. The zero-order chi connectivity index (χ0) is 17.9. The molecule has 0 spiro atoms. The van der Waals surface area contributed by atoms with E-state index in [0.29, 0.717) is 16.1 Å². The number of aliphatic hydroxyl groups is 1. The molecule has 0 heterocycles. The maximum absolute atomic E-state index is 12.9. The smallest absolute Gasteiger partial charge is 0.181 e. The van der Waals surface area contributed by atoms with Crippen molar-refractivity contribution in [3.63, 3.8) is 0 Å². The highest BCUT2D eigenvalue weighted by Crippen LogP contribution is 2.33. The van der Waals surface area contributed by atoms with Crippen molar-refractivity contribution in [1.82, 2.24) is 0 Å². The van der Waals surface area contributed by atoms with Crippen LogP contribution in [0, 0.1) is 0 Å². The maximum atomic E-state index is 12.9. The van der Waals surface area contributed by atoms with Crippen molar-refractivity contribution in [3.8, 4) is 0 Å². The number of hydrogen-bond donors (Lipinski definition) is 1. The number of hydrogen-bond acceptors (Lipinski definition) is 3. The van der Waals surface area contributed by atoms with E-state index in [4.69, 9.17) is 11.6 Å². The maximum Gasteiger partial charge on any atom is 0.181 e. The van der Waals surface area contributed by atoms with E-state index in [1.54, 1.807) is 48.5 Å². The fourth-order valence-electron chi connectivity index (χ4n) is 2.76. The van der Waals surface area contributed by atoms with Crippen molar-refractivity contribution in [2.75, 3.05) is 5.75 Å².